The highest BCUT2D eigenvalue weighted by Crippen LogP contribution is 2.23. The van der Waals surface area contributed by atoms with Crippen molar-refractivity contribution in [3.8, 4) is 0 Å². The van der Waals surface area contributed by atoms with Gasteiger partial charge in [0.25, 0.3) is 0 Å². The Hall–Kier alpha value is -2.00. The van der Waals surface area contributed by atoms with Crippen LogP contribution in [-0.2, 0) is 10.0 Å². The third kappa shape index (κ3) is 3.50. The Morgan fingerprint density at radius 1 is 1.26 bits per heavy atom. The maximum absolute atomic E-state index is 12.7. The summed E-state index contributed by atoms with van der Waals surface area (Å²) in [5.41, 5.74) is 6.68. The predicted molar refractivity (Wildman–Crippen MR) is 87.3 cm³/mol. The van der Waals surface area contributed by atoms with Crippen molar-refractivity contribution in [1.29, 1.82) is 0 Å². The molecule has 3 N–H and O–H groups in total. The SMILES string of the molecule is Cc1nn(C(C)C)c(C)c1S(=O)(=O)NC(C)c1nccc(N)n1. The maximum atomic E-state index is 12.7. The molecule has 2 aromatic heterocycles. The van der Waals surface area contributed by atoms with Crippen molar-refractivity contribution < 1.29 is 8.42 Å². The van der Waals surface area contributed by atoms with Crippen LogP contribution in [0.25, 0.3) is 0 Å². The number of hydrogen-bond donors (Lipinski definition) is 2. The van der Waals surface area contributed by atoms with Gasteiger partial charge in [0.2, 0.25) is 10.0 Å². The molecule has 1 unspecified atom stereocenters. The molecule has 0 saturated carbocycles. The highest BCUT2D eigenvalue weighted by molar-refractivity contribution is 7.89. The van der Waals surface area contributed by atoms with Crippen LogP contribution in [0.3, 0.4) is 0 Å². The van der Waals surface area contributed by atoms with Crippen LogP contribution in [0.5, 0.6) is 0 Å². The Morgan fingerprint density at radius 2 is 1.91 bits per heavy atom. The van der Waals surface area contributed by atoms with Crippen molar-refractivity contribution >= 4 is 15.8 Å². The monoisotopic (exact) mass is 338 g/mol. The molecule has 2 rings (SSSR count). The van der Waals surface area contributed by atoms with Crippen molar-refractivity contribution in [3.63, 3.8) is 0 Å². The van der Waals surface area contributed by atoms with Crippen LogP contribution in [0.15, 0.2) is 17.2 Å². The topological polar surface area (TPSA) is 116 Å². The molecule has 9 heteroatoms. The van der Waals surface area contributed by atoms with Crippen LogP contribution < -0.4 is 10.5 Å². The van der Waals surface area contributed by atoms with Gasteiger partial charge in [-0.1, -0.05) is 0 Å². The summed E-state index contributed by atoms with van der Waals surface area (Å²) in [6.45, 7) is 9.00. The number of hydrogen-bond acceptors (Lipinski definition) is 6. The van der Waals surface area contributed by atoms with Crippen LogP contribution in [0.2, 0.25) is 0 Å². The average molecular weight is 338 g/mol. The minimum Gasteiger partial charge on any atom is -0.384 e. The Labute approximate surface area is 136 Å². The zero-order valence-corrected chi connectivity index (χ0v) is 14.7. The van der Waals surface area contributed by atoms with E-state index in [2.05, 4.69) is 19.8 Å². The van der Waals surface area contributed by atoms with Crippen molar-refractivity contribution in [2.45, 2.75) is 51.6 Å². The molecular formula is C14H22N6O2S. The van der Waals surface area contributed by atoms with Crippen LogP contribution in [0, 0.1) is 13.8 Å². The van der Waals surface area contributed by atoms with E-state index in [4.69, 9.17) is 5.73 Å². The first kappa shape index (κ1) is 17.4. The van der Waals surface area contributed by atoms with Gasteiger partial charge in [-0.15, -0.1) is 0 Å². The van der Waals surface area contributed by atoms with E-state index in [1.807, 2.05) is 13.8 Å². The van der Waals surface area contributed by atoms with Gasteiger partial charge in [-0.05, 0) is 40.7 Å². The zero-order chi connectivity index (χ0) is 17.4. The number of nitrogen functional groups attached to an aromatic ring is 1. The molecule has 0 aromatic carbocycles. The molecule has 0 radical (unpaired) electrons. The van der Waals surface area contributed by atoms with Gasteiger partial charge in [0.05, 0.1) is 17.4 Å². The fourth-order valence-electron chi connectivity index (χ4n) is 2.48. The van der Waals surface area contributed by atoms with Gasteiger partial charge in [-0.2, -0.15) is 5.10 Å². The predicted octanol–water partition coefficient (Wildman–Crippen LogP) is 1.49. The Morgan fingerprint density at radius 3 is 2.43 bits per heavy atom. The second-order valence-corrected chi connectivity index (χ2v) is 7.37. The summed E-state index contributed by atoms with van der Waals surface area (Å²) in [6.07, 6.45) is 1.50. The first-order chi connectivity index (χ1) is 10.6. The first-order valence-electron chi connectivity index (χ1n) is 7.30. The van der Waals surface area contributed by atoms with E-state index >= 15 is 0 Å². The summed E-state index contributed by atoms with van der Waals surface area (Å²) in [5.74, 6) is 0.612. The molecule has 0 saturated heterocycles. The van der Waals surface area contributed by atoms with E-state index in [-0.39, 0.29) is 10.9 Å². The number of nitrogens with two attached hydrogens (primary N) is 1. The van der Waals surface area contributed by atoms with Gasteiger partial charge in [-0.25, -0.2) is 23.1 Å². The quantitative estimate of drug-likeness (QED) is 0.853. The molecular weight excluding hydrogens is 316 g/mol. The van der Waals surface area contributed by atoms with E-state index in [1.54, 1.807) is 31.5 Å². The van der Waals surface area contributed by atoms with E-state index < -0.39 is 16.1 Å². The summed E-state index contributed by atoms with van der Waals surface area (Å²) in [7, 11) is -3.75. The van der Waals surface area contributed by atoms with Crippen molar-refractivity contribution in [2.75, 3.05) is 5.73 Å². The standard InChI is InChI=1S/C14H22N6O2S/c1-8(2)20-11(5)13(9(3)18-20)23(21,22)19-10(4)14-16-7-6-12(15)17-14/h6-8,10,19H,1-5H3,(H2,15,16,17). The van der Waals surface area contributed by atoms with Gasteiger partial charge < -0.3 is 5.73 Å². The minimum absolute atomic E-state index is 0.0762. The number of aryl methyl sites for hydroxylation is 1. The molecule has 1 atom stereocenters. The van der Waals surface area contributed by atoms with Crippen LogP contribution >= 0.6 is 0 Å². The fraction of sp³-hybridized carbons (Fsp3) is 0.500. The number of rotatable bonds is 5. The van der Waals surface area contributed by atoms with E-state index in [0.717, 1.165) is 0 Å². The number of anilines is 1. The van der Waals surface area contributed by atoms with Crippen molar-refractivity contribution in [2.24, 2.45) is 0 Å². The molecule has 23 heavy (non-hydrogen) atoms. The molecule has 0 aliphatic rings. The van der Waals surface area contributed by atoms with Crippen LogP contribution in [-0.4, -0.2) is 28.2 Å². The second-order valence-electron chi connectivity index (χ2n) is 5.72. The normalized spacial score (nSPS) is 13.5. The lowest BCUT2D eigenvalue weighted by Crippen LogP contribution is -2.29. The number of sulfonamides is 1. The largest absolute Gasteiger partial charge is 0.384 e. The third-order valence-corrected chi connectivity index (χ3v) is 5.22. The molecule has 8 nitrogen and oxygen atoms in total. The molecule has 2 heterocycles. The average Bonchev–Trinajstić information content (AvgIpc) is 2.74. The molecule has 0 aliphatic heterocycles. The van der Waals surface area contributed by atoms with Crippen molar-refractivity contribution in [3.05, 3.63) is 29.5 Å². The molecule has 0 amide bonds. The lowest BCUT2D eigenvalue weighted by molar-refractivity contribution is 0.514. The molecule has 0 aliphatic carbocycles. The van der Waals surface area contributed by atoms with Crippen LogP contribution in [0.1, 0.15) is 50.1 Å². The van der Waals surface area contributed by atoms with E-state index in [9.17, 15) is 8.42 Å². The van der Waals surface area contributed by atoms with Crippen LogP contribution in [0.4, 0.5) is 5.82 Å². The Bertz CT molecular complexity index is 813. The third-order valence-electron chi connectivity index (χ3n) is 3.43. The molecule has 0 fully saturated rings. The molecule has 126 valence electrons. The number of aromatic nitrogens is 4. The first-order valence-corrected chi connectivity index (χ1v) is 8.78. The van der Waals surface area contributed by atoms with Gasteiger partial charge >= 0.3 is 0 Å². The number of nitrogens with zero attached hydrogens (tertiary/aromatic N) is 4. The summed E-state index contributed by atoms with van der Waals surface area (Å²) in [5, 5.41) is 4.32. The van der Waals surface area contributed by atoms with Crippen molar-refractivity contribution in [1.82, 2.24) is 24.5 Å². The lowest BCUT2D eigenvalue weighted by Gasteiger charge is -2.14. The fourth-order valence-corrected chi connectivity index (χ4v) is 4.08. The van der Waals surface area contributed by atoms with Gasteiger partial charge in [0.15, 0.2) is 0 Å². The highest BCUT2D eigenvalue weighted by Gasteiger charge is 2.27. The Kier molecular flexibility index (Phi) is 4.71. The lowest BCUT2D eigenvalue weighted by atomic mass is 10.3. The number of nitrogens with one attached hydrogen (secondary N) is 1. The second kappa shape index (κ2) is 6.25. The summed E-state index contributed by atoms with van der Waals surface area (Å²) in [4.78, 5) is 8.30. The maximum Gasteiger partial charge on any atom is 0.244 e. The minimum atomic E-state index is -3.75. The smallest absolute Gasteiger partial charge is 0.244 e. The van der Waals surface area contributed by atoms with E-state index in [0.29, 0.717) is 23.0 Å². The highest BCUT2D eigenvalue weighted by atomic mass is 32.2. The van der Waals surface area contributed by atoms with Gasteiger partial charge in [0, 0.05) is 12.2 Å². The van der Waals surface area contributed by atoms with E-state index in [1.165, 1.54) is 6.20 Å². The Balaban J connectivity index is 2.36. The molecule has 2 aromatic rings. The molecule has 0 bridgehead atoms. The molecule has 0 spiro atoms. The van der Waals surface area contributed by atoms with Gasteiger partial charge in [-0.3, -0.25) is 4.68 Å². The summed E-state index contributed by atoms with van der Waals surface area (Å²) >= 11 is 0. The summed E-state index contributed by atoms with van der Waals surface area (Å²) < 4.78 is 29.7. The zero-order valence-electron chi connectivity index (χ0n) is 13.9. The van der Waals surface area contributed by atoms with Gasteiger partial charge in [0.1, 0.15) is 16.5 Å². The summed E-state index contributed by atoms with van der Waals surface area (Å²) in [6, 6.07) is 1.02.